The summed E-state index contributed by atoms with van der Waals surface area (Å²) in [4.78, 5) is 24.7. The average molecular weight is 415 g/mol. The molecule has 5 nitrogen and oxygen atoms in total. The van der Waals surface area contributed by atoms with Crippen LogP contribution in [0.4, 0.5) is 4.39 Å². The number of benzene rings is 2. The Balaban J connectivity index is 1.78. The molecule has 1 N–H and O–H groups in total. The zero-order chi connectivity index (χ0) is 20.8. The Morgan fingerprint density at radius 3 is 2.59 bits per heavy atom. The van der Waals surface area contributed by atoms with Crippen molar-refractivity contribution in [2.24, 2.45) is 0 Å². The SMILES string of the molecule is CC(C)OC(=O)CCNC(=O)c1sc2cccc(F)c2c1COc1ccccc1. The molecule has 29 heavy (non-hydrogen) atoms. The van der Waals surface area contributed by atoms with Crippen LogP contribution in [-0.2, 0) is 16.1 Å². The van der Waals surface area contributed by atoms with Crippen LogP contribution in [0.25, 0.3) is 10.1 Å². The maximum absolute atomic E-state index is 14.5. The van der Waals surface area contributed by atoms with Crippen molar-refractivity contribution in [1.82, 2.24) is 5.32 Å². The fourth-order valence-electron chi connectivity index (χ4n) is 2.84. The van der Waals surface area contributed by atoms with E-state index in [9.17, 15) is 14.0 Å². The molecular formula is C22H22FNO4S. The summed E-state index contributed by atoms with van der Waals surface area (Å²) >= 11 is 1.20. The van der Waals surface area contributed by atoms with Gasteiger partial charge in [-0.25, -0.2) is 4.39 Å². The van der Waals surface area contributed by atoms with Crippen molar-refractivity contribution in [3.05, 3.63) is 64.8 Å². The lowest BCUT2D eigenvalue weighted by atomic mass is 10.1. The first-order chi connectivity index (χ1) is 14.0. The minimum Gasteiger partial charge on any atom is -0.489 e. The third-order valence-electron chi connectivity index (χ3n) is 4.08. The van der Waals surface area contributed by atoms with Gasteiger partial charge in [-0.05, 0) is 38.1 Å². The van der Waals surface area contributed by atoms with Crippen LogP contribution in [0.1, 0.15) is 35.5 Å². The second-order valence-electron chi connectivity index (χ2n) is 6.67. The van der Waals surface area contributed by atoms with E-state index in [-0.39, 0.29) is 37.6 Å². The number of hydrogen-bond donors (Lipinski definition) is 1. The van der Waals surface area contributed by atoms with Crippen LogP contribution in [0.5, 0.6) is 5.75 Å². The lowest BCUT2D eigenvalue weighted by Gasteiger charge is -2.10. The summed E-state index contributed by atoms with van der Waals surface area (Å²) in [6.07, 6.45) is -0.135. The number of hydrogen-bond acceptors (Lipinski definition) is 5. The Morgan fingerprint density at radius 1 is 1.10 bits per heavy atom. The summed E-state index contributed by atoms with van der Waals surface area (Å²) in [5, 5.41) is 3.10. The monoisotopic (exact) mass is 415 g/mol. The number of ether oxygens (including phenoxy) is 2. The third-order valence-corrected chi connectivity index (χ3v) is 5.27. The van der Waals surface area contributed by atoms with E-state index in [1.165, 1.54) is 17.4 Å². The number of para-hydroxylation sites is 1. The Bertz CT molecular complexity index is 1000. The maximum atomic E-state index is 14.5. The molecule has 0 bridgehead atoms. The molecule has 0 fully saturated rings. The van der Waals surface area contributed by atoms with Gasteiger partial charge in [0.25, 0.3) is 5.91 Å². The van der Waals surface area contributed by atoms with Crippen molar-refractivity contribution in [2.45, 2.75) is 33.0 Å². The lowest BCUT2D eigenvalue weighted by molar-refractivity contribution is -0.147. The Kier molecular flexibility index (Phi) is 6.82. The summed E-state index contributed by atoms with van der Waals surface area (Å²) in [6.45, 7) is 3.73. The van der Waals surface area contributed by atoms with Crippen molar-refractivity contribution in [3.8, 4) is 5.75 Å². The van der Waals surface area contributed by atoms with E-state index in [1.807, 2.05) is 18.2 Å². The molecule has 1 heterocycles. The minimum atomic E-state index is -0.398. The predicted molar refractivity (Wildman–Crippen MR) is 111 cm³/mol. The molecule has 2 aromatic carbocycles. The zero-order valence-corrected chi connectivity index (χ0v) is 17.1. The molecule has 0 radical (unpaired) electrons. The number of rotatable bonds is 8. The van der Waals surface area contributed by atoms with E-state index in [1.54, 1.807) is 38.1 Å². The van der Waals surface area contributed by atoms with E-state index >= 15 is 0 Å². The summed E-state index contributed by atoms with van der Waals surface area (Å²) in [6, 6.07) is 13.9. The van der Waals surface area contributed by atoms with Crippen molar-refractivity contribution in [1.29, 1.82) is 0 Å². The number of fused-ring (bicyclic) bond motifs is 1. The van der Waals surface area contributed by atoms with Gasteiger partial charge in [-0.2, -0.15) is 0 Å². The summed E-state index contributed by atoms with van der Waals surface area (Å²) in [5.74, 6) is -0.513. The molecule has 3 rings (SSSR count). The second-order valence-corrected chi connectivity index (χ2v) is 7.72. The smallest absolute Gasteiger partial charge is 0.307 e. The zero-order valence-electron chi connectivity index (χ0n) is 16.2. The second kappa shape index (κ2) is 9.52. The molecule has 0 saturated carbocycles. The summed E-state index contributed by atoms with van der Waals surface area (Å²) < 4.78 is 26.0. The lowest BCUT2D eigenvalue weighted by Crippen LogP contribution is -2.27. The highest BCUT2D eigenvalue weighted by Gasteiger charge is 2.21. The van der Waals surface area contributed by atoms with Gasteiger partial charge in [0, 0.05) is 22.2 Å². The molecule has 1 aromatic heterocycles. The number of carbonyl (C=O) groups is 2. The summed E-state index contributed by atoms with van der Waals surface area (Å²) in [5.41, 5.74) is 0.495. The number of carbonyl (C=O) groups excluding carboxylic acids is 2. The van der Waals surface area contributed by atoms with Gasteiger partial charge in [0.15, 0.2) is 0 Å². The predicted octanol–water partition coefficient (Wildman–Crippen LogP) is 4.69. The fourth-order valence-corrected chi connectivity index (χ4v) is 3.98. The Morgan fingerprint density at radius 2 is 1.86 bits per heavy atom. The topological polar surface area (TPSA) is 64.6 Å². The molecule has 0 atom stereocenters. The van der Waals surface area contributed by atoms with E-state index < -0.39 is 5.82 Å². The molecule has 0 spiro atoms. The number of amides is 1. The third kappa shape index (κ3) is 5.32. The van der Waals surface area contributed by atoms with Crippen LogP contribution in [0.2, 0.25) is 0 Å². The largest absolute Gasteiger partial charge is 0.489 e. The van der Waals surface area contributed by atoms with Crippen LogP contribution in [0, 0.1) is 5.82 Å². The number of nitrogens with one attached hydrogen (secondary N) is 1. The van der Waals surface area contributed by atoms with Crippen LogP contribution < -0.4 is 10.1 Å². The van der Waals surface area contributed by atoms with Gasteiger partial charge in [-0.3, -0.25) is 9.59 Å². The highest BCUT2D eigenvalue weighted by Crippen LogP contribution is 2.34. The van der Waals surface area contributed by atoms with Gasteiger partial charge in [0.05, 0.1) is 17.4 Å². The maximum Gasteiger partial charge on any atom is 0.307 e. The highest BCUT2D eigenvalue weighted by atomic mass is 32.1. The number of halogens is 1. The molecule has 0 aliphatic carbocycles. The van der Waals surface area contributed by atoms with E-state index in [2.05, 4.69) is 5.32 Å². The van der Waals surface area contributed by atoms with Crippen molar-refractivity contribution >= 4 is 33.3 Å². The number of esters is 1. The van der Waals surface area contributed by atoms with Gasteiger partial charge in [-0.1, -0.05) is 24.3 Å². The normalized spacial score (nSPS) is 10.9. The van der Waals surface area contributed by atoms with Crippen LogP contribution in [-0.4, -0.2) is 24.5 Å². The molecule has 0 aliphatic heterocycles. The molecule has 152 valence electrons. The Labute approximate surface area is 172 Å². The molecule has 0 saturated heterocycles. The van der Waals surface area contributed by atoms with Crippen molar-refractivity contribution < 1.29 is 23.5 Å². The first kappa shape index (κ1) is 20.8. The van der Waals surface area contributed by atoms with Crippen LogP contribution >= 0.6 is 11.3 Å². The number of thiophene rings is 1. The Hall–Kier alpha value is -2.93. The standard InChI is InChI=1S/C22H22FNO4S/c1-14(2)28-19(25)11-12-24-22(26)21-16(13-27-15-7-4-3-5-8-15)20-17(23)9-6-10-18(20)29-21/h3-10,14H,11-13H2,1-2H3,(H,24,26). The van der Waals surface area contributed by atoms with Gasteiger partial charge in [0.2, 0.25) is 0 Å². The molecular weight excluding hydrogens is 393 g/mol. The molecule has 0 aliphatic rings. The van der Waals surface area contributed by atoms with Gasteiger partial charge in [0.1, 0.15) is 18.2 Å². The first-order valence-corrected chi connectivity index (χ1v) is 10.1. The fraction of sp³-hybridized carbons (Fsp3) is 0.273. The van der Waals surface area contributed by atoms with Gasteiger partial charge >= 0.3 is 5.97 Å². The average Bonchev–Trinajstić information content (AvgIpc) is 3.06. The highest BCUT2D eigenvalue weighted by molar-refractivity contribution is 7.21. The quantitative estimate of drug-likeness (QED) is 0.542. The van der Waals surface area contributed by atoms with E-state index in [0.717, 1.165) is 0 Å². The van der Waals surface area contributed by atoms with E-state index in [0.29, 0.717) is 26.3 Å². The summed E-state index contributed by atoms with van der Waals surface area (Å²) in [7, 11) is 0. The molecule has 1 amide bonds. The van der Waals surface area contributed by atoms with Crippen molar-refractivity contribution in [2.75, 3.05) is 6.54 Å². The molecule has 3 aromatic rings. The van der Waals surface area contributed by atoms with E-state index in [4.69, 9.17) is 9.47 Å². The molecule has 7 heteroatoms. The van der Waals surface area contributed by atoms with Crippen LogP contribution in [0.3, 0.4) is 0 Å². The van der Waals surface area contributed by atoms with Gasteiger partial charge < -0.3 is 14.8 Å². The minimum absolute atomic E-state index is 0.0586. The van der Waals surface area contributed by atoms with Crippen LogP contribution in [0.15, 0.2) is 48.5 Å². The molecule has 0 unspecified atom stereocenters. The first-order valence-electron chi connectivity index (χ1n) is 9.31. The van der Waals surface area contributed by atoms with Crippen molar-refractivity contribution in [3.63, 3.8) is 0 Å². The van der Waals surface area contributed by atoms with Gasteiger partial charge in [-0.15, -0.1) is 11.3 Å².